The number of fused-ring (bicyclic) bond motifs is 1. The summed E-state index contributed by atoms with van der Waals surface area (Å²) in [7, 11) is 1.61. The quantitative estimate of drug-likeness (QED) is 0.537. The van der Waals surface area contributed by atoms with Gasteiger partial charge in [0.25, 0.3) is 11.5 Å². The molecule has 0 fully saturated rings. The Balaban J connectivity index is 1.83. The summed E-state index contributed by atoms with van der Waals surface area (Å²) in [5.74, 6) is -0.321. The zero-order valence-corrected chi connectivity index (χ0v) is 16.8. The lowest BCUT2D eigenvalue weighted by Crippen LogP contribution is -2.18. The third-order valence-electron chi connectivity index (χ3n) is 4.92. The molecule has 7 nitrogen and oxygen atoms in total. The number of carbonyl (C=O) groups is 1. The predicted octanol–water partition coefficient (Wildman–Crippen LogP) is 3.35. The van der Waals surface area contributed by atoms with Crippen LogP contribution in [-0.2, 0) is 11.3 Å². The van der Waals surface area contributed by atoms with Crippen molar-refractivity contribution in [1.82, 2.24) is 14.3 Å². The molecule has 2 aliphatic heterocycles. The first kappa shape index (κ1) is 19.6. The molecule has 1 N–H and O–H groups in total. The third-order valence-corrected chi connectivity index (χ3v) is 4.92. The predicted molar refractivity (Wildman–Crippen MR) is 115 cm³/mol. The van der Waals surface area contributed by atoms with Crippen LogP contribution in [0.5, 0.6) is 0 Å². The number of para-hydroxylation sites is 2. The zero-order valence-electron chi connectivity index (χ0n) is 16.8. The lowest BCUT2D eigenvalue weighted by atomic mass is 10.1. The number of amides is 1. The van der Waals surface area contributed by atoms with Gasteiger partial charge in [0.05, 0.1) is 23.4 Å². The van der Waals surface area contributed by atoms with Crippen molar-refractivity contribution >= 4 is 11.6 Å². The van der Waals surface area contributed by atoms with Gasteiger partial charge in [-0.05, 0) is 30.7 Å². The van der Waals surface area contributed by atoms with Crippen molar-refractivity contribution in [3.8, 4) is 16.9 Å². The van der Waals surface area contributed by atoms with Gasteiger partial charge in [-0.3, -0.25) is 9.59 Å². The molecule has 0 bridgehead atoms. The van der Waals surface area contributed by atoms with E-state index in [0.29, 0.717) is 41.3 Å². The van der Waals surface area contributed by atoms with Crippen LogP contribution in [0, 0.1) is 6.92 Å². The Kier molecular flexibility index (Phi) is 5.45. The molecule has 0 saturated carbocycles. The van der Waals surface area contributed by atoms with E-state index in [0.717, 1.165) is 5.56 Å². The number of nitrogens with one attached hydrogen (secondary N) is 1. The van der Waals surface area contributed by atoms with E-state index < -0.39 is 0 Å². The highest BCUT2D eigenvalue weighted by atomic mass is 16.5. The van der Waals surface area contributed by atoms with E-state index in [9.17, 15) is 9.59 Å². The van der Waals surface area contributed by atoms with Gasteiger partial charge < -0.3 is 14.6 Å². The molecule has 152 valence electrons. The Morgan fingerprint density at radius 1 is 1.07 bits per heavy atom. The SMILES string of the molecule is COCCn1cc(C(=O)Nc2ccccc2C)c2nn(-c3ccccc3)c(=O)c-2c1. The van der Waals surface area contributed by atoms with Gasteiger partial charge in [0.15, 0.2) is 0 Å². The molecule has 7 heteroatoms. The van der Waals surface area contributed by atoms with Gasteiger partial charge in [0, 0.05) is 31.7 Å². The molecule has 0 saturated heterocycles. The van der Waals surface area contributed by atoms with Crippen LogP contribution in [0.4, 0.5) is 5.69 Å². The van der Waals surface area contributed by atoms with Crippen LogP contribution in [0.15, 0.2) is 71.8 Å². The van der Waals surface area contributed by atoms with Crippen molar-refractivity contribution in [2.75, 3.05) is 19.0 Å². The van der Waals surface area contributed by atoms with Crippen molar-refractivity contribution in [1.29, 1.82) is 0 Å². The molecule has 2 heterocycles. The maximum Gasteiger partial charge on any atom is 0.282 e. The van der Waals surface area contributed by atoms with Crippen LogP contribution >= 0.6 is 0 Å². The standard InChI is InChI=1S/C23H22N4O3/c1-16-8-6-7-11-20(16)24-22(28)18-14-26(12-13-30-2)15-19-21(18)25-27(23(19)29)17-9-4-3-5-10-17/h3-11,14-15H,12-13H2,1-2H3,(H,24,28). The first-order valence-electron chi connectivity index (χ1n) is 9.62. The number of nitrogens with zero attached hydrogens (tertiary/aromatic N) is 3. The molecule has 2 aromatic carbocycles. The van der Waals surface area contributed by atoms with E-state index in [1.807, 2.05) is 49.4 Å². The number of hydrogen-bond acceptors (Lipinski definition) is 4. The van der Waals surface area contributed by atoms with Gasteiger partial charge in [-0.15, -0.1) is 0 Å². The van der Waals surface area contributed by atoms with Crippen LogP contribution in [0.3, 0.4) is 0 Å². The summed E-state index contributed by atoms with van der Waals surface area (Å²) in [5, 5.41) is 7.42. The average molecular weight is 402 g/mol. The number of anilines is 1. The highest BCUT2D eigenvalue weighted by Gasteiger charge is 2.24. The molecule has 2 aliphatic rings. The first-order chi connectivity index (χ1) is 14.6. The molecule has 0 aromatic heterocycles. The van der Waals surface area contributed by atoms with Gasteiger partial charge in [-0.2, -0.15) is 9.78 Å². The second-order valence-electron chi connectivity index (χ2n) is 6.99. The summed E-state index contributed by atoms with van der Waals surface area (Å²) in [5.41, 5.74) is 3.12. The number of aromatic nitrogens is 3. The molecule has 0 aliphatic carbocycles. The number of rotatable bonds is 6. The smallest absolute Gasteiger partial charge is 0.282 e. The second-order valence-corrected chi connectivity index (χ2v) is 6.99. The molecule has 0 unspecified atom stereocenters. The van der Waals surface area contributed by atoms with Crippen molar-refractivity contribution in [3.63, 3.8) is 0 Å². The average Bonchev–Trinajstić information content (AvgIpc) is 3.10. The van der Waals surface area contributed by atoms with Gasteiger partial charge in [0.1, 0.15) is 5.69 Å². The Morgan fingerprint density at radius 2 is 1.80 bits per heavy atom. The number of ether oxygens (including phenoxy) is 1. The lowest BCUT2D eigenvalue weighted by Gasteiger charge is -2.13. The highest BCUT2D eigenvalue weighted by molar-refractivity contribution is 6.08. The van der Waals surface area contributed by atoms with Crippen LogP contribution in [-0.4, -0.2) is 34.0 Å². The number of methoxy groups -OCH3 is 1. The monoisotopic (exact) mass is 402 g/mol. The van der Waals surface area contributed by atoms with Crippen LogP contribution in [0.2, 0.25) is 0 Å². The van der Waals surface area contributed by atoms with Crippen molar-refractivity contribution in [2.24, 2.45) is 0 Å². The minimum atomic E-state index is -0.321. The van der Waals surface area contributed by atoms with E-state index in [1.54, 1.807) is 36.2 Å². The largest absolute Gasteiger partial charge is 0.383 e. The van der Waals surface area contributed by atoms with Crippen LogP contribution < -0.4 is 10.9 Å². The minimum Gasteiger partial charge on any atom is -0.383 e. The van der Waals surface area contributed by atoms with Crippen molar-refractivity contribution < 1.29 is 9.53 Å². The van der Waals surface area contributed by atoms with Crippen molar-refractivity contribution in [2.45, 2.75) is 13.5 Å². The summed E-state index contributed by atoms with van der Waals surface area (Å²) in [6.07, 6.45) is 3.42. The molecule has 0 radical (unpaired) electrons. The van der Waals surface area contributed by atoms with Gasteiger partial charge in [-0.1, -0.05) is 36.4 Å². The van der Waals surface area contributed by atoms with E-state index in [4.69, 9.17) is 4.74 Å². The molecule has 1 amide bonds. The Hall–Kier alpha value is -3.71. The second kappa shape index (κ2) is 8.34. The van der Waals surface area contributed by atoms with Crippen LogP contribution in [0.25, 0.3) is 16.9 Å². The summed E-state index contributed by atoms with van der Waals surface area (Å²) in [6.45, 7) is 2.89. The minimum absolute atomic E-state index is 0.270. The van der Waals surface area contributed by atoms with Crippen molar-refractivity contribution in [3.05, 3.63) is 88.5 Å². The number of aryl methyl sites for hydroxylation is 1. The summed E-state index contributed by atoms with van der Waals surface area (Å²) in [4.78, 5) is 26.2. The Labute approximate surface area is 173 Å². The molecule has 0 spiro atoms. The van der Waals surface area contributed by atoms with Crippen LogP contribution in [0.1, 0.15) is 15.9 Å². The van der Waals surface area contributed by atoms with E-state index >= 15 is 0 Å². The Morgan fingerprint density at radius 3 is 2.53 bits per heavy atom. The normalized spacial score (nSPS) is 11.0. The van der Waals surface area contributed by atoms with E-state index in [2.05, 4.69) is 10.4 Å². The van der Waals surface area contributed by atoms with E-state index in [-0.39, 0.29) is 11.5 Å². The molecule has 4 rings (SSSR count). The maximum absolute atomic E-state index is 13.2. The third kappa shape index (κ3) is 3.75. The highest BCUT2D eigenvalue weighted by Crippen LogP contribution is 2.24. The first-order valence-corrected chi connectivity index (χ1v) is 9.62. The number of pyridine rings is 1. The van der Waals surface area contributed by atoms with Gasteiger partial charge in [-0.25, -0.2) is 0 Å². The lowest BCUT2D eigenvalue weighted by molar-refractivity contribution is 0.102. The van der Waals surface area contributed by atoms with Gasteiger partial charge >= 0.3 is 0 Å². The summed E-state index contributed by atoms with van der Waals surface area (Å²) in [6, 6.07) is 16.7. The molecular weight excluding hydrogens is 380 g/mol. The van der Waals surface area contributed by atoms with E-state index in [1.165, 1.54) is 4.68 Å². The molecule has 2 aromatic rings. The molecule has 30 heavy (non-hydrogen) atoms. The van der Waals surface area contributed by atoms with Gasteiger partial charge in [0.2, 0.25) is 0 Å². The fourth-order valence-corrected chi connectivity index (χ4v) is 3.30. The molecular formula is C23H22N4O3. The number of carbonyl (C=O) groups excluding carboxylic acids is 1. The fraction of sp³-hybridized carbons (Fsp3) is 0.174. The molecule has 0 atom stereocenters. The Bertz CT molecular complexity index is 1210. The summed E-state index contributed by atoms with van der Waals surface area (Å²) < 4.78 is 8.27. The maximum atomic E-state index is 13.2. The zero-order chi connectivity index (χ0) is 21.1. The number of benzene rings is 2. The topological polar surface area (TPSA) is 78.2 Å². The summed E-state index contributed by atoms with van der Waals surface area (Å²) >= 11 is 0. The fourth-order valence-electron chi connectivity index (χ4n) is 3.30. The number of hydrogen-bond donors (Lipinski definition) is 1.